The summed E-state index contributed by atoms with van der Waals surface area (Å²) in [6.45, 7) is 5.90. The number of hydrogen-bond donors (Lipinski definition) is 2. The predicted octanol–water partition coefficient (Wildman–Crippen LogP) is 6.30. The fraction of sp³-hybridized carbons (Fsp3) is 0.280. The Hall–Kier alpha value is -2.59. The van der Waals surface area contributed by atoms with Crippen LogP contribution in [-0.4, -0.2) is 21.6 Å². The lowest BCUT2D eigenvalue weighted by Gasteiger charge is -2.28. The van der Waals surface area contributed by atoms with Crippen LogP contribution in [0.15, 0.2) is 96.0 Å². The SMILES string of the molecule is C=C(C)/C=C/C1=CC=C(OC2C(c3ccc(O)cc3)SC3C=C(O)C=CC32)CC1. The Morgan fingerprint density at radius 1 is 1.17 bits per heavy atom. The number of phenols is 1. The van der Waals surface area contributed by atoms with Gasteiger partial charge in [0.2, 0.25) is 0 Å². The highest BCUT2D eigenvalue weighted by Gasteiger charge is 2.45. The van der Waals surface area contributed by atoms with Gasteiger partial charge in [0.15, 0.2) is 0 Å². The number of aromatic hydroxyl groups is 1. The van der Waals surface area contributed by atoms with E-state index in [4.69, 9.17) is 4.74 Å². The van der Waals surface area contributed by atoms with Crippen molar-refractivity contribution in [2.24, 2.45) is 5.92 Å². The quantitative estimate of drug-likeness (QED) is 0.564. The Labute approximate surface area is 176 Å². The first-order valence-corrected chi connectivity index (χ1v) is 10.9. The number of benzene rings is 1. The van der Waals surface area contributed by atoms with E-state index in [1.807, 2.05) is 43.0 Å². The Bertz CT molecular complexity index is 933. The van der Waals surface area contributed by atoms with E-state index in [9.17, 15) is 10.2 Å². The van der Waals surface area contributed by atoms with Crippen molar-refractivity contribution in [2.45, 2.75) is 36.4 Å². The minimum atomic E-state index is -0.0256. The fourth-order valence-corrected chi connectivity index (χ4v) is 5.59. The van der Waals surface area contributed by atoms with Crippen molar-refractivity contribution in [3.8, 4) is 5.75 Å². The van der Waals surface area contributed by atoms with Crippen molar-refractivity contribution in [1.29, 1.82) is 0 Å². The first-order valence-electron chi connectivity index (χ1n) is 9.93. The Kier molecular flexibility index (Phi) is 5.72. The number of phenolic OH excluding ortho intramolecular Hbond substituents is 1. The molecule has 1 fully saturated rings. The summed E-state index contributed by atoms with van der Waals surface area (Å²) in [4.78, 5) is 0. The molecule has 1 saturated heterocycles. The third-order valence-corrected chi connectivity index (χ3v) is 7.02. The molecular weight excluding hydrogens is 380 g/mol. The van der Waals surface area contributed by atoms with E-state index < -0.39 is 0 Å². The van der Waals surface area contributed by atoms with Crippen LogP contribution in [0.3, 0.4) is 0 Å². The smallest absolute Gasteiger partial charge is 0.122 e. The van der Waals surface area contributed by atoms with E-state index in [0.717, 1.165) is 29.7 Å². The zero-order valence-electron chi connectivity index (χ0n) is 16.5. The van der Waals surface area contributed by atoms with E-state index in [2.05, 4.69) is 30.9 Å². The van der Waals surface area contributed by atoms with Gasteiger partial charge in [-0.1, -0.05) is 48.6 Å². The summed E-state index contributed by atoms with van der Waals surface area (Å²) in [5.41, 5.74) is 3.45. The topological polar surface area (TPSA) is 49.7 Å². The van der Waals surface area contributed by atoms with Gasteiger partial charge < -0.3 is 14.9 Å². The van der Waals surface area contributed by atoms with Crippen LogP contribution in [0.5, 0.6) is 5.75 Å². The molecule has 29 heavy (non-hydrogen) atoms. The number of hydrogen-bond acceptors (Lipinski definition) is 4. The average Bonchev–Trinajstić information content (AvgIpc) is 3.05. The molecule has 1 heterocycles. The molecule has 0 radical (unpaired) electrons. The van der Waals surface area contributed by atoms with Crippen molar-refractivity contribution in [1.82, 2.24) is 0 Å². The second kappa shape index (κ2) is 8.42. The molecule has 0 saturated carbocycles. The largest absolute Gasteiger partial charge is 0.508 e. The number of aliphatic hydroxyl groups excluding tert-OH is 1. The zero-order chi connectivity index (χ0) is 20.4. The van der Waals surface area contributed by atoms with Crippen molar-refractivity contribution >= 4 is 11.8 Å². The van der Waals surface area contributed by atoms with Crippen LogP contribution in [0, 0.1) is 5.92 Å². The van der Waals surface area contributed by atoms with Gasteiger partial charge in [-0.25, -0.2) is 0 Å². The van der Waals surface area contributed by atoms with Crippen LogP contribution < -0.4 is 0 Å². The number of fused-ring (bicyclic) bond motifs is 1. The summed E-state index contributed by atoms with van der Waals surface area (Å²) in [5.74, 6) is 1.78. The normalized spacial score (nSPS) is 28.5. The second-order valence-electron chi connectivity index (χ2n) is 7.78. The van der Waals surface area contributed by atoms with Crippen molar-refractivity contribution in [2.75, 3.05) is 0 Å². The summed E-state index contributed by atoms with van der Waals surface area (Å²) in [6, 6.07) is 7.37. The molecule has 3 aliphatic rings. The first kappa shape index (κ1) is 19.7. The summed E-state index contributed by atoms with van der Waals surface area (Å²) in [7, 11) is 0. The van der Waals surface area contributed by atoms with Gasteiger partial charge >= 0.3 is 0 Å². The Morgan fingerprint density at radius 3 is 2.66 bits per heavy atom. The third kappa shape index (κ3) is 4.54. The predicted molar refractivity (Wildman–Crippen MR) is 120 cm³/mol. The van der Waals surface area contributed by atoms with Gasteiger partial charge in [-0.3, -0.25) is 0 Å². The maximum atomic E-state index is 9.93. The van der Waals surface area contributed by atoms with Crippen molar-refractivity contribution in [3.05, 3.63) is 102 Å². The molecule has 150 valence electrons. The maximum Gasteiger partial charge on any atom is 0.122 e. The van der Waals surface area contributed by atoms with Crippen LogP contribution >= 0.6 is 11.8 Å². The van der Waals surface area contributed by atoms with E-state index in [-0.39, 0.29) is 28.3 Å². The fourth-order valence-electron chi connectivity index (χ4n) is 3.90. The molecule has 2 aliphatic carbocycles. The van der Waals surface area contributed by atoms with Crippen LogP contribution in [0.2, 0.25) is 0 Å². The highest BCUT2D eigenvalue weighted by molar-refractivity contribution is 8.00. The minimum Gasteiger partial charge on any atom is -0.508 e. The molecule has 2 N–H and O–H groups in total. The summed E-state index contributed by atoms with van der Waals surface area (Å²) < 4.78 is 6.56. The molecule has 1 aromatic rings. The van der Waals surface area contributed by atoms with Crippen LogP contribution in [0.1, 0.15) is 30.6 Å². The van der Waals surface area contributed by atoms with Crippen LogP contribution in [0.25, 0.3) is 0 Å². The molecule has 4 rings (SSSR count). The highest BCUT2D eigenvalue weighted by Crippen LogP contribution is 2.53. The highest BCUT2D eigenvalue weighted by atomic mass is 32.2. The van der Waals surface area contributed by atoms with E-state index in [1.165, 1.54) is 5.57 Å². The molecule has 1 aliphatic heterocycles. The number of thioether (sulfide) groups is 1. The van der Waals surface area contributed by atoms with Gasteiger partial charge in [0, 0.05) is 17.6 Å². The van der Waals surface area contributed by atoms with Crippen LogP contribution in [0.4, 0.5) is 0 Å². The third-order valence-electron chi connectivity index (χ3n) is 5.42. The Morgan fingerprint density at radius 2 is 1.97 bits per heavy atom. The number of ether oxygens (including phenoxy) is 1. The number of aliphatic hydroxyl groups is 1. The van der Waals surface area contributed by atoms with Gasteiger partial charge in [-0.2, -0.15) is 0 Å². The lowest BCUT2D eigenvalue weighted by atomic mass is 9.89. The van der Waals surface area contributed by atoms with Crippen molar-refractivity contribution < 1.29 is 14.9 Å². The average molecular weight is 407 g/mol. The molecule has 4 atom stereocenters. The van der Waals surface area contributed by atoms with Gasteiger partial charge in [0.05, 0.1) is 11.0 Å². The Balaban J connectivity index is 1.57. The van der Waals surface area contributed by atoms with Gasteiger partial charge in [-0.05, 0) is 54.8 Å². The summed E-state index contributed by atoms with van der Waals surface area (Å²) in [6.07, 6.45) is 15.9. The molecule has 0 aromatic heterocycles. The molecule has 0 spiro atoms. The molecule has 0 amide bonds. The van der Waals surface area contributed by atoms with E-state index in [0.29, 0.717) is 5.76 Å². The van der Waals surface area contributed by atoms with E-state index >= 15 is 0 Å². The standard InChI is InChI=1S/C25H26O3S/c1-16(2)3-4-17-5-12-21(13-6-17)28-24-22-14-11-20(27)15-23(22)29-25(24)18-7-9-19(26)10-8-18/h3-5,7-12,14-15,22-27H,1,6,13H2,2H3/b4-3+. The monoisotopic (exact) mass is 406 g/mol. The van der Waals surface area contributed by atoms with Gasteiger partial charge in [0.25, 0.3) is 0 Å². The van der Waals surface area contributed by atoms with E-state index in [1.54, 1.807) is 18.2 Å². The zero-order valence-corrected chi connectivity index (χ0v) is 17.3. The lowest BCUT2D eigenvalue weighted by molar-refractivity contribution is 0.0819. The van der Waals surface area contributed by atoms with Crippen LogP contribution in [-0.2, 0) is 4.74 Å². The maximum absolute atomic E-state index is 9.93. The van der Waals surface area contributed by atoms with Gasteiger partial charge in [-0.15, -0.1) is 11.8 Å². The number of allylic oxidation sites excluding steroid dienone is 8. The lowest BCUT2D eigenvalue weighted by Crippen LogP contribution is -2.27. The molecule has 1 aromatic carbocycles. The molecule has 3 nitrogen and oxygen atoms in total. The molecule has 4 heteroatoms. The molecule has 0 bridgehead atoms. The van der Waals surface area contributed by atoms with Crippen molar-refractivity contribution in [3.63, 3.8) is 0 Å². The number of rotatable bonds is 5. The minimum absolute atomic E-state index is 0.0256. The molecule has 4 unspecified atom stereocenters. The summed E-state index contributed by atoms with van der Waals surface area (Å²) in [5, 5.41) is 19.9. The summed E-state index contributed by atoms with van der Waals surface area (Å²) >= 11 is 1.81. The van der Waals surface area contributed by atoms with Gasteiger partial charge in [0.1, 0.15) is 17.6 Å². The second-order valence-corrected chi connectivity index (χ2v) is 9.10. The first-order chi connectivity index (χ1) is 14.0. The molecular formula is C25H26O3S.